The summed E-state index contributed by atoms with van der Waals surface area (Å²) in [5, 5.41) is 13.4. The van der Waals surface area contributed by atoms with Gasteiger partial charge in [-0.1, -0.05) is 44.2 Å². The van der Waals surface area contributed by atoms with E-state index < -0.39 is 57.5 Å². The van der Waals surface area contributed by atoms with E-state index in [0.717, 1.165) is 36.2 Å². The van der Waals surface area contributed by atoms with Gasteiger partial charge < -0.3 is 10.1 Å². The molecule has 0 aliphatic heterocycles. The molecule has 0 aliphatic rings. The number of nitro benzene ring substituents is 1. The zero-order valence-electron chi connectivity index (χ0n) is 24.2. The Balaban J connectivity index is 1.69. The van der Waals surface area contributed by atoms with Crippen molar-refractivity contribution >= 4 is 23.3 Å². The zero-order chi connectivity index (χ0) is 33.1. The maximum Gasteiger partial charge on any atom is 0.423 e. The van der Waals surface area contributed by atoms with E-state index in [1.807, 2.05) is 12.1 Å². The van der Waals surface area contributed by atoms with Crippen molar-refractivity contribution in [3.8, 4) is 16.9 Å². The first-order valence-electron chi connectivity index (χ1n) is 13.7. The van der Waals surface area contributed by atoms with Crippen molar-refractivity contribution in [2.24, 2.45) is 5.92 Å². The SMILES string of the molecule is CC(C)Cc1ccc(C(C)C(=O)Oc2ccc(-c3ccc(F)cc3F)cc2C(=O)Nc2ccc([N+](=O)[O-])c(C(F)(F)F)c2)cc1. The first kappa shape index (κ1) is 32.8. The molecule has 4 aromatic carbocycles. The molecule has 4 aromatic rings. The highest BCUT2D eigenvalue weighted by atomic mass is 19.4. The van der Waals surface area contributed by atoms with Gasteiger partial charge in [0.15, 0.2) is 0 Å². The summed E-state index contributed by atoms with van der Waals surface area (Å²) < 4.78 is 74.2. The molecule has 0 radical (unpaired) electrons. The van der Waals surface area contributed by atoms with Crippen molar-refractivity contribution in [3.05, 3.63) is 123 Å². The zero-order valence-corrected chi connectivity index (χ0v) is 24.2. The molecule has 0 spiro atoms. The van der Waals surface area contributed by atoms with Crippen LogP contribution in [0.25, 0.3) is 11.1 Å². The molecule has 4 rings (SSSR count). The molecule has 0 heterocycles. The molecule has 45 heavy (non-hydrogen) atoms. The van der Waals surface area contributed by atoms with Gasteiger partial charge >= 0.3 is 12.1 Å². The minimum atomic E-state index is -5.10. The minimum absolute atomic E-state index is 0.0749. The standard InChI is InChI=1S/C33H27F5N2O5/c1-18(2)14-20-4-6-21(7-5-20)19(3)32(42)45-30-13-8-22(25-11-9-23(34)16-28(25)35)15-26(30)31(41)39-24-10-12-29(40(43)44)27(17-24)33(36,37)38/h4-13,15-19H,14H2,1-3H3,(H,39,41). The van der Waals surface area contributed by atoms with Gasteiger partial charge in [0, 0.05) is 23.4 Å². The highest BCUT2D eigenvalue weighted by Crippen LogP contribution is 2.38. The third-order valence-electron chi connectivity index (χ3n) is 6.91. The maximum atomic E-state index is 14.6. The van der Waals surface area contributed by atoms with Crippen LogP contribution >= 0.6 is 0 Å². The molecule has 0 saturated carbocycles. The van der Waals surface area contributed by atoms with Gasteiger partial charge in [0.25, 0.3) is 11.6 Å². The molecule has 0 bridgehead atoms. The fourth-order valence-corrected chi connectivity index (χ4v) is 4.63. The Morgan fingerprint density at radius 2 is 1.60 bits per heavy atom. The number of amides is 1. The van der Waals surface area contributed by atoms with Crippen LogP contribution in [0.2, 0.25) is 0 Å². The molecular weight excluding hydrogens is 599 g/mol. The summed E-state index contributed by atoms with van der Waals surface area (Å²) in [5.41, 5.74) is -1.92. The second-order valence-corrected chi connectivity index (χ2v) is 10.8. The number of ether oxygens (including phenoxy) is 1. The Kier molecular flexibility index (Phi) is 9.65. The fraction of sp³-hybridized carbons (Fsp3) is 0.212. The van der Waals surface area contributed by atoms with Crippen molar-refractivity contribution in [1.82, 2.24) is 0 Å². The molecule has 0 aromatic heterocycles. The lowest BCUT2D eigenvalue weighted by atomic mass is 9.97. The van der Waals surface area contributed by atoms with E-state index >= 15 is 0 Å². The Morgan fingerprint density at radius 1 is 0.911 bits per heavy atom. The highest BCUT2D eigenvalue weighted by Gasteiger charge is 2.38. The molecule has 0 saturated heterocycles. The third-order valence-corrected chi connectivity index (χ3v) is 6.91. The molecule has 1 unspecified atom stereocenters. The van der Waals surface area contributed by atoms with Crippen LogP contribution in [0, 0.1) is 27.7 Å². The number of esters is 1. The third kappa shape index (κ3) is 7.88. The minimum Gasteiger partial charge on any atom is -0.425 e. The van der Waals surface area contributed by atoms with Gasteiger partial charge in [-0.3, -0.25) is 19.7 Å². The summed E-state index contributed by atoms with van der Waals surface area (Å²) in [6, 6.07) is 15.7. The molecule has 0 aliphatic carbocycles. The van der Waals surface area contributed by atoms with E-state index in [9.17, 15) is 41.7 Å². The van der Waals surface area contributed by atoms with Crippen LogP contribution in [0.5, 0.6) is 5.75 Å². The fourth-order valence-electron chi connectivity index (χ4n) is 4.63. The Bertz CT molecular complexity index is 1750. The number of benzene rings is 4. The average molecular weight is 627 g/mol. The lowest BCUT2D eigenvalue weighted by molar-refractivity contribution is -0.388. The Morgan fingerprint density at radius 3 is 2.20 bits per heavy atom. The van der Waals surface area contributed by atoms with Crippen molar-refractivity contribution in [1.29, 1.82) is 0 Å². The number of hydrogen-bond acceptors (Lipinski definition) is 5. The van der Waals surface area contributed by atoms with E-state index in [4.69, 9.17) is 4.74 Å². The van der Waals surface area contributed by atoms with E-state index in [-0.39, 0.29) is 22.4 Å². The number of alkyl halides is 3. The second kappa shape index (κ2) is 13.2. The number of nitrogens with one attached hydrogen (secondary N) is 1. The second-order valence-electron chi connectivity index (χ2n) is 10.8. The molecule has 234 valence electrons. The number of rotatable bonds is 9. The van der Waals surface area contributed by atoms with E-state index in [1.54, 1.807) is 19.1 Å². The predicted octanol–water partition coefficient (Wildman–Crippen LogP) is 8.72. The van der Waals surface area contributed by atoms with Crippen LogP contribution in [-0.2, 0) is 17.4 Å². The van der Waals surface area contributed by atoms with Crippen LogP contribution in [0.4, 0.5) is 33.3 Å². The van der Waals surface area contributed by atoms with Gasteiger partial charge in [-0.2, -0.15) is 13.2 Å². The summed E-state index contributed by atoms with van der Waals surface area (Å²) in [6.45, 7) is 5.75. The normalized spacial score (nSPS) is 12.1. The van der Waals surface area contributed by atoms with Gasteiger partial charge in [0.05, 0.1) is 16.4 Å². The summed E-state index contributed by atoms with van der Waals surface area (Å²) in [5.74, 6) is -4.25. The average Bonchev–Trinajstić information content (AvgIpc) is 2.96. The Labute approximate surface area is 254 Å². The van der Waals surface area contributed by atoms with Crippen LogP contribution in [0.3, 0.4) is 0 Å². The molecule has 1 atom stereocenters. The van der Waals surface area contributed by atoms with Gasteiger partial charge in [0.2, 0.25) is 0 Å². The maximum absolute atomic E-state index is 14.6. The number of nitro groups is 1. The van der Waals surface area contributed by atoms with Crippen molar-refractivity contribution in [3.63, 3.8) is 0 Å². The molecule has 1 amide bonds. The lowest BCUT2D eigenvalue weighted by Gasteiger charge is -2.16. The van der Waals surface area contributed by atoms with E-state index in [1.165, 1.54) is 12.1 Å². The highest BCUT2D eigenvalue weighted by molar-refractivity contribution is 6.07. The van der Waals surface area contributed by atoms with Crippen molar-refractivity contribution in [2.75, 3.05) is 5.32 Å². The van der Waals surface area contributed by atoms with Crippen molar-refractivity contribution < 1.29 is 41.2 Å². The predicted molar refractivity (Wildman–Crippen MR) is 157 cm³/mol. The summed E-state index contributed by atoms with van der Waals surface area (Å²) >= 11 is 0. The van der Waals surface area contributed by atoms with Gasteiger partial charge in [-0.25, -0.2) is 8.78 Å². The molecule has 0 fully saturated rings. The summed E-state index contributed by atoms with van der Waals surface area (Å²) in [7, 11) is 0. The first-order chi connectivity index (χ1) is 21.1. The number of carbonyl (C=O) groups excluding carboxylic acids is 2. The monoisotopic (exact) mass is 626 g/mol. The molecular formula is C33H27F5N2O5. The number of anilines is 1. The molecule has 1 N–H and O–H groups in total. The number of halogens is 5. The van der Waals surface area contributed by atoms with E-state index in [2.05, 4.69) is 19.2 Å². The quantitative estimate of drug-likeness (QED) is 0.0659. The number of nitrogens with zero attached hydrogens (tertiary/aromatic N) is 1. The number of hydrogen-bond donors (Lipinski definition) is 1. The summed E-state index contributed by atoms with van der Waals surface area (Å²) in [4.78, 5) is 36.5. The van der Waals surface area contributed by atoms with Gasteiger partial charge in [-0.15, -0.1) is 0 Å². The van der Waals surface area contributed by atoms with Crippen molar-refractivity contribution in [2.45, 2.75) is 39.3 Å². The Hall–Kier alpha value is -5.13. The topological polar surface area (TPSA) is 98.5 Å². The molecule has 7 nitrogen and oxygen atoms in total. The lowest BCUT2D eigenvalue weighted by Crippen LogP contribution is -2.20. The summed E-state index contributed by atoms with van der Waals surface area (Å²) in [6.07, 6.45) is -4.26. The largest absolute Gasteiger partial charge is 0.425 e. The van der Waals surface area contributed by atoms with Crippen LogP contribution in [0.1, 0.15) is 53.7 Å². The smallest absolute Gasteiger partial charge is 0.423 e. The number of carbonyl (C=O) groups is 2. The first-order valence-corrected chi connectivity index (χ1v) is 13.7. The molecule has 12 heteroatoms. The van der Waals surface area contributed by atoms with Crippen LogP contribution in [0.15, 0.2) is 78.9 Å². The van der Waals surface area contributed by atoms with E-state index in [0.29, 0.717) is 29.7 Å². The van der Waals surface area contributed by atoms with Crippen LogP contribution < -0.4 is 10.1 Å². The van der Waals surface area contributed by atoms with Crippen LogP contribution in [-0.4, -0.2) is 16.8 Å². The van der Waals surface area contributed by atoms with Gasteiger partial charge in [-0.05, 0) is 72.4 Å². The van der Waals surface area contributed by atoms with Gasteiger partial charge in [0.1, 0.15) is 22.9 Å².